The second kappa shape index (κ2) is 7.70. The number of hydrogen-bond donors (Lipinski definition) is 0. The minimum atomic E-state index is -3.80. The molecule has 2 aromatic carbocycles. The van der Waals surface area contributed by atoms with Crippen LogP contribution < -0.4 is 0 Å². The van der Waals surface area contributed by atoms with Gasteiger partial charge in [-0.3, -0.25) is 0 Å². The number of hydrogen-bond acceptors (Lipinski definition) is 5. The third kappa shape index (κ3) is 4.11. The first-order chi connectivity index (χ1) is 12.5. The summed E-state index contributed by atoms with van der Waals surface area (Å²) in [6.45, 7) is 0.0943. The van der Waals surface area contributed by atoms with Crippen LogP contribution in [0.1, 0.15) is 17.0 Å². The van der Waals surface area contributed by atoms with Crippen molar-refractivity contribution < 1.29 is 12.8 Å². The zero-order valence-corrected chi connectivity index (χ0v) is 15.1. The van der Waals surface area contributed by atoms with E-state index < -0.39 is 10.0 Å². The molecule has 0 fully saturated rings. The van der Waals surface area contributed by atoms with Crippen molar-refractivity contribution in [1.29, 1.82) is 5.26 Å². The maximum atomic E-state index is 13.1. The highest BCUT2D eigenvalue weighted by atomic mass is 35.5. The molecule has 1 heterocycles. The Hall–Kier alpha value is -2.66. The Morgan fingerprint density at radius 2 is 1.77 bits per heavy atom. The quantitative estimate of drug-likeness (QED) is 0.645. The summed E-state index contributed by atoms with van der Waals surface area (Å²) in [6.07, 6.45) is 2.86. The Bertz CT molecular complexity index is 1010. The molecule has 0 atom stereocenters. The van der Waals surface area contributed by atoms with Crippen molar-refractivity contribution >= 4 is 21.6 Å². The molecule has 0 aliphatic carbocycles. The normalized spacial score (nSPS) is 11.4. The summed E-state index contributed by atoms with van der Waals surface area (Å²) < 4.78 is 32.6. The molecular formula is C18H14ClN3O3S. The van der Waals surface area contributed by atoms with Gasteiger partial charge in [-0.25, -0.2) is 13.4 Å². The molecule has 0 aliphatic rings. The molecule has 0 saturated carbocycles. The van der Waals surface area contributed by atoms with Gasteiger partial charge in [0.1, 0.15) is 6.26 Å². The number of sulfonamides is 1. The SMILES string of the molecule is N#Cc1ccc(CN(Cc2ncco2)S(=O)(=O)c2ccc(Cl)cc2)cc1. The molecule has 8 heteroatoms. The van der Waals surface area contributed by atoms with Crippen LogP contribution in [-0.4, -0.2) is 17.7 Å². The molecule has 6 nitrogen and oxygen atoms in total. The minimum absolute atomic E-state index is 0.0159. The fourth-order valence-electron chi connectivity index (χ4n) is 2.35. The Labute approximate surface area is 156 Å². The van der Waals surface area contributed by atoms with Gasteiger partial charge in [0.05, 0.1) is 29.3 Å². The smallest absolute Gasteiger partial charge is 0.243 e. The number of aromatic nitrogens is 1. The van der Waals surface area contributed by atoms with Gasteiger partial charge in [0, 0.05) is 11.6 Å². The molecule has 3 aromatic rings. The summed E-state index contributed by atoms with van der Waals surface area (Å²) >= 11 is 5.85. The van der Waals surface area contributed by atoms with Crippen LogP contribution in [0.4, 0.5) is 0 Å². The van der Waals surface area contributed by atoms with E-state index in [1.807, 2.05) is 6.07 Å². The molecule has 1 aromatic heterocycles. The summed E-state index contributed by atoms with van der Waals surface area (Å²) in [7, 11) is -3.80. The molecule has 0 bridgehead atoms. The molecule has 0 aliphatic heterocycles. The average Bonchev–Trinajstić information content (AvgIpc) is 3.15. The minimum Gasteiger partial charge on any atom is -0.448 e. The van der Waals surface area contributed by atoms with Crippen LogP contribution in [0.3, 0.4) is 0 Å². The second-order valence-corrected chi connectivity index (χ2v) is 7.84. The lowest BCUT2D eigenvalue weighted by molar-refractivity contribution is 0.350. The van der Waals surface area contributed by atoms with Crippen LogP contribution >= 0.6 is 11.6 Å². The molecule has 0 saturated heterocycles. The van der Waals surface area contributed by atoms with Crippen molar-refractivity contribution in [1.82, 2.24) is 9.29 Å². The number of halogens is 1. The van der Waals surface area contributed by atoms with Gasteiger partial charge in [-0.1, -0.05) is 23.7 Å². The van der Waals surface area contributed by atoms with Gasteiger partial charge in [-0.2, -0.15) is 9.57 Å². The third-order valence-corrected chi connectivity index (χ3v) is 5.75. The average molecular weight is 388 g/mol. The second-order valence-electron chi connectivity index (χ2n) is 5.46. The Kier molecular flexibility index (Phi) is 5.38. The van der Waals surface area contributed by atoms with E-state index in [9.17, 15) is 8.42 Å². The van der Waals surface area contributed by atoms with Gasteiger partial charge >= 0.3 is 0 Å². The van der Waals surface area contributed by atoms with E-state index in [0.717, 1.165) is 5.56 Å². The first-order valence-electron chi connectivity index (χ1n) is 7.62. The van der Waals surface area contributed by atoms with Crippen molar-refractivity contribution in [3.8, 4) is 6.07 Å². The lowest BCUT2D eigenvalue weighted by Gasteiger charge is -2.21. The zero-order chi connectivity index (χ0) is 18.6. The Morgan fingerprint density at radius 1 is 1.08 bits per heavy atom. The molecular weight excluding hydrogens is 374 g/mol. The number of nitriles is 1. The van der Waals surface area contributed by atoms with Gasteiger partial charge in [-0.05, 0) is 42.0 Å². The predicted octanol–water partition coefficient (Wildman–Crippen LogP) is 3.59. The predicted molar refractivity (Wildman–Crippen MR) is 95.5 cm³/mol. The topological polar surface area (TPSA) is 87.2 Å². The van der Waals surface area contributed by atoms with Crippen LogP contribution in [0, 0.1) is 11.3 Å². The molecule has 0 spiro atoms. The molecule has 0 radical (unpaired) electrons. The van der Waals surface area contributed by atoms with Gasteiger partial charge in [0.25, 0.3) is 0 Å². The first-order valence-corrected chi connectivity index (χ1v) is 9.44. The summed E-state index contributed by atoms with van der Waals surface area (Å²) in [5.41, 5.74) is 1.25. The van der Waals surface area contributed by atoms with Crippen LogP contribution in [-0.2, 0) is 23.1 Å². The monoisotopic (exact) mass is 387 g/mol. The van der Waals surface area contributed by atoms with E-state index in [1.165, 1.54) is 41.0 Å². The fourth-order valence-corrected chi connectivity index (χ4v) is 3.86. The van der Waals surface area contributed by atoms with Gasteiger partial charge < -0.3 is 4.42 Å². The van der Waals surface area contributed by atoms with Gasteiger partial charge in [0.15, 0.2) is 0 Å². The van der Waals surface area contributed by atoms with Crippen LogP contribution in [0.5, 0.6) is 0 Å². The summed E-state index contributed by atoms with van der Waals surface area (Å²) in [5, 5.41) is 9.35. The fraction of sp³-hybridized carbons (Fsp3) is 0.111. The van der Waals surface area contributed by atoms with E-state index in [1.54, 1.807) is 24.3 Å². The van der Waals surface area contributed by atoms with E-state index in [2.05, 4.69) is 4.98 Å². The zero-order valence-electron chi connectivity index (χ0n) is 13.5. The number of nitrogens with zero attached hydrogens (tertiary/aromatic N) is 3. The van der Waals surface area contributed by atoms with E-state index in [-0.39, 0.29) is 23.9 Å². The number of benzene rings is 2. The molecule has 0 N–H and O–H groups in total. The third-order valence-electron chi connectivity index (χ3n) is 3.69. The highest BCUT2D eigenvalue weighted by molar-refractivity contribution is 7.89. The van der Waals surface area contributed by atoms with Gasteiger partial charge in [0.2, 0.25) is 15.9 Å². The lowest BCUT2D eigenvalue weighted by Crippen LogP contribution is -2.30. The van der Waals surface area contributed by atoms with Crippen molar-refractivity contribution in [2.45, 2.75) is 18.0 Å². The molecule has 0 amide bonds. The lowest BCUT2D eigenvalue weighted by atomic mass is 10.1. The van der Waals surface area contributed by atoms with Crippen LogP contribution in [0.2, 0.25) is 5.02 Å². The van der Waals surface area contributed by atoms with Gasteiger partial charge in [-0.15, -0.1) is 0 Å². The van der Waals surface area contributed by atoms with Crippen molar-refractivity contribution in [3.63, 3.8) is 0 Å². The Balaban J connectivity index is 1.94. The number of rotatable bonds is 6. The number of oxazole rings is 1. The first kappa shape index (κ1) is 18.1. The standard InChI is InChI=1S/C18H14ClN3O3S/c19-16-5-7-17(8-6-16)26(23,24)22(13-18-21-9-10-25-18)12-15-3-1-14(11-20)2-4-15/h1-10H,12-13H2. The van der Waals surface area contributed by atoms with E-state index in [0.29, 0.717) is 10.6 Å². The van der Waals surface area contributed by atoms with Crippen molar-refractivity contribution in [3.05, 3.63) is 83.0 Å². The van der Waals surface area contributed by atoms with E-state index >= 15 is 0 Å². The van der Waals surface area contributed by atoms with E-state index in [4.69, 9.17) is 21.3 Å². The summed E-state index contributed by atoms with van der Waals surface area (Å²) in [6, 6.07) is 14.7. The maximum Gasteiger partial charge on any atom is 0.243 e. The van der Waals surface area contributed by atoms with Crippen molar-refractivity contribution in [2.24, 2.45) is 0 Å². The molecule has 26 heavy (non-hydrogen) atoms. The highest BCUT2D eigenvalue weighted by Crippen LogP contribution is 2.22. The largest absolute Gasteiger partial charge is 0.448 e. The maximum absolute atomic E-state index is 13.1. The summed E-state index contributed by atoms with van der Waals surface area (Å²) in [5.74, 6) is 0.288. The highest BCUT2D eigenvalue weighted by Gasteiger charge is 2.26. The summed E-state index contributed by atoms with van der Waals surface area (Å²) in [4.78, 5) is 4.14. The van der Waals surface area contributed by atoms with Crippen molar-refractivity contribution in [2.75, 3.05) is 0 Å². The molecule has 132 valence electrons. The molecule has 0 unspecified atom stereocenters. The Morgan fingerprint density at radius 3 is 2.35 bits per heavy atom. The molecule has 3 rings (SSSR count). The van der Waals surface area contributed by atoms with Crippen LogP contribution in [0.25, 0.3) is 0 Å². The van der Waals surface area contributed by atoms with Crippen LogP contribution in [0.15, 0.2) is 70.3 Å².